The first-order valence-electron chi connectivity index (χ1n) is 9.67. The zero-order chi connectivity index (χ0) is 19.5. The molecule has 3 heterocycles. The molecule has 0 spiro atoms. The van der Waals surface area contributed by atoms with E-state index in [1.807, 2.05) is 36.4 Å². The minimum absolute atomic E-state index is 0.0522. The molecule has 2 atom stereocenters. The summed E-state index contributed by atoms with van der Waals surface area (Å²) in [5.74, 6) is 1.67. The monoisotopic (exact) mass is 379 g/mol. The first kappa shape index (κ1) is 18.4. The van der Waals surface area contributed by atoms with Gasteiger partial charge in [0.05, 0.1) is 35.1 Å². The van der Waals surface area contributed by atoms with Gasteiger partial charge in [0.1, 0.15) is 11.6 Å². The molecule has 0 bridgehead atoms. The van der Waals surface area contributed by atoms with Gasteiger partial charge >= 0.3 is 0 Å². The van der Waals surface area contributed by atoms with Gasteiger partial charge < -0.3 is 19.9 Å². The lowest BCUT2D eigenvalue weighted by Gasteiger charge is -2.36. The number of carbonyl (C=O) groups excluding carboxylic acids is 1. The fourth-order valence-electron chi connectivity index (χ4n) is 3.59. The first-order chi connectivity index (χ1) is 13.6. The number of ether oxygens (including phenoxy) is 1. The molecule has 1 aliphatic rings. The van der Waals surface area contributed by atoms with Crippen LogP contribution in [0.3, 0.4) is 0 Å². The molecule has 28 heavy (non-hydrogen) atoms. The van der Waals surface area contributed by atoms with Gasteiger partial charge in [-0.1, -0.05) is 12.1 Å². The van der Waals surface area contributed by atoms with Crippen molar-refractivity contribution in [3.05, 3.63) is 48.4 Å². The Labute approximate surface area is 164 Å². The van der Waals surface area contributed by atoms with Crippen LogP contribution in [0.25, 0.3) is 11.0 Å². The summed E-state index contributed by atoms with van der Waals surface area (Å²) in [7, 11) is 0. The normalized spacial score (nSPS) is 19.7. The predicted octanol–water partition coefficient (Wildman–Crippen LogP) is 3.14. The largest absolute Gasteiger partial charge is 0.372 e. The summed E-state index contributed by atoms with van der Waals surface area (Å²) in [6.45, 7) is 5.78. The Kier molecular flexibility index (Phi) is 5.25. The molecular formula is C21H25N5O2. The van der Waals surface area contributed by atoms with E-state index in [4.69, 9.17) is 4.74 Å². The highest BCUT2D eigenvalue weighted by Gasteiger charge is 2.23. The first-order valence-corrected chi connectivity index (χ1v) is 9.67. The Bertz CT molecular complexity index is 910. The van der Waals surface area contributed by atoms with Gasteiger partial charge in [-0.3, -0.25) is 4.79 Å². The summed E-state index contributed by atoms with van der Waals surface area (Å²) in [4.78, 5) is 26.7. The van der Waals surface area contributed by atoms with Crippen molar-refractivity contribution in [2.24, 2.45) is 0 Å². The van der Waals surface area contributed by atoms with Crippen molar-refractivity contribution < 1.29 is 9.53 Å². The summed E-state index contributed by atoms with van der Waals surface area (Å²) in [5, 5.41) is 2.91. The second-order valence-electron chi connectivity index (χ2n) is 7.32. The zero-order valence-electron chi connectivity index (χ0n) is 16.2. The van der Waals surface area contributed by atoms with Crippen LogP contribution in [-0.2, 0) is 16.0 Å². The Morgan fingerprint density at radius 1 is 1.21 bits per heavy atom. The number of nitrogens with zero attached hydrogens (tertiary/aromatic N) is 3. The Hall–Kier alpha value is -2.93. The van der Waals surface area contributed by atoms with Crippen LogP contribution in [0.15, 0.2) is 42.6 Å². The number of H-pyrrole nitrogens is 1. The van der Waals surface area contributed by atoms with E-state index in [9.17, 15) is 4.79 Å². The highest BCUT2D eigenvalue weighted by Crippen LogP contribution is 2.20. The lowest BCUT2D eigenvalue weighted by Crippen LogP contribution is -2.45. The van der Waals surface area contributed by atoms with Crippen molar-refractivity contribution >= 4 is 28.4 Å². The van der Waals surface area contributed by atoms with Crippen LogP contribution in [0.5, 0.6) is 0 Å². The number of morpholine rings is 1. The second-order valence-corrected chi connectivity index (χ2v) is 7.32. The van der Waals surface area contributed by atoms with Crippen LogP contribution >= 0.6 is 0 Å². The second kappa shape index (κ2) is 7.98. The molecule has 0 saturated carbocycles. The van der Waals surface area contributed by atoms with Gasteiger partial charge in [-0.2, -0.15) is 0 Å². The standard InChI is InChI=1S/C21H25N5O2/c1-14-12-26(13-15(2)28-14)20-9-7-16(11-22-20)23-21(27)10-8-19-24-17-5-3-4-6-18(17)25-19/h3-7,9,11,14-15H,8,10,12-13H2,1-2H3,(H,23,27)(H,24,25)/t14-,15-/m0/s1. The third kappa shape index (κ3) is 4.31. The highest BCUT2D eigenvalue weighted by atomic mass is 16.5. The number of benzene rings is 1. The van der Waals surface area contributed by atoms with Gasteiger partial charge in [0.15, 0.2) is 0 Å². The number of amides is 1. The number of hydrogen-bond donors (Lipinski definition) is 2. The highest BCUT2D eigenvalue weighted by molar-refractivity contribution is 5.90. The van der Waals surface area contributed by atoms with Gasteiger partial charge in [-0.05, 0) is 38.1 Å². The fourth-order valence-corrected chi connectivity index (χ4v) is 3.59. The zero-order valence-corrected chi connectivity index (χ0v) is 16.2. The molecule has 1 saturated heterocycles. The van der Waals surface area contributed by atoms with Gasteiger partial charge in [0.2, 0.25) is 5.91 Å². The number of anilines is 2. The maximum absolute atomic E-state index is 12.3. The average Bonchev–Trinajstić information content (AvgIpc) is 3.09. The molecule has 0 radical (unpaired) electrons. The molecule has 7 heteroatoms. The van der Waals surface area contributed by atoms with E-state index < -0.39 is 0 Å². The summed E-state index contributed by atoms with van der Waals surface area (Å²) in [6, 6.07) is 11.7. The van der Waals surface area contributed by atoms with Crippen LogP contribution < -0.4 is 10.2 Å². The Balaban J connectivity index is 1.31. The average molecular weight is 379 g/mol. The number of carbonyl (C=O) groups is 1. The molecule has 4 rings (SSSR count). The molecule has 1 amide bonds. The summed E-state index contributed by atoms with van der Waals surface area (Å²) < 4.78 is 5.76. The molecule has 2 aromatic heterocycles. The summed E-state index contributed by atoms with van der Waals surface area (Å²) in [5.41, 5.74) is 2.61. The van der Waals surface area contributed by atoms with Crippen LogP contribution in [-0.4, -0.2) is 46.2 Å². The lowest BCUT2D eigenvalue weighted by atomic mass is 10.2. The third-order valence-corrected chi connectivity index (χ3v) is 4.80. The number of para-hydroxylation sites is 2. The quantitative estimate of drug-likeness (QED) is 0.712. The third-order valence-electron chi connectivity index (χ3n) is 4.80. The Morgan fingerprint density at radius 3 is 2.71 bits per heavy atom. The molecule has 1 fully saturated rings. The fraction of sp³-hybridized carbons (Fsp3) is 0.381. The minimum atomic E-state index is -0.0522. The molecule has 7 nitrogen and oxygen atoms in total. The maximum atomic E-state index is 12.3. The number of aromatic amines is 1. The molecular weight excluding hydrogens is 354 g/mol. The van der Waals surface area contributed by atoms with Crippen molar-refractivity contribution in [3.8, 4) is 0 Å². The van der Waals surface area contributed by atoms with Gasteiger partial charge in [0, 0.05) is 25.9 Å². The van der Waals surface area contributed by atoms with Gasteiger partial charge in [-0.15, -0.1) is 0 Å². The molecule has 1 aromatic carbocycles. The van der Waals surface area contributed by atoms with E-state index in [1.54, 1.807) is 6.20 Å². The van der Waals surface area contributed by atoms with E-state index >= 15 is 0 Å². The molecule has 2 N–H and O–H groups in total. The molecule has 1 aliphatic heterocycles. The molecule has 0 unspecified atom stereocenters. The topological polar surface area (TPSA) is 83.1 Å². The van der Waals surface area contributed by atoms with Crippen molar-refractivity contribution in [2.45, 2.75) is 38.9 Å². The number of pyridine rings is 1. The Morgan fingerprint density at radius 2 is 2.00 bits per heavy atom. The number of imidazole rings is 1. The number of rotatable bonds is 5. The van der Waals surface area contributed by atoms with E-state index in [0.717, 1.165) is 35.8 Å². The van der Waals surface area contributed by atoms with Crippen LogP contribution in [0, 0.1) is 0 Å². The lowest BCUT2D eigenvalue weighted by molar-refractivity contribution is -0.116. The maximum Gasteiger partial charge on any atom is 0.224 e. The van der Waals surface area contributed by atoms with Crippen molar-refractivity contribution in [1.29, 1.82) is 0 Å². The summed E-state index contributed by atoms with van der Waals surface area (Å²) in [6.07, 6.45) is 3.00. The number of aryl methyl sites for hydroxylation is 1. The van der Waals surface area contributed by atoms with Crippen molar-refractivity contribution in [3.63, 3.8) is 0 Å². The molecule has 3 aromatic rings. The number of hydrogen-bond acceptors (Lipinski definition) is 5. The number of nitrogens with one attached hydrogen (secondary N) is 2. The minimum Gasteiger partial charge on any atom is -0.372 e. The number of aromatic nitrogens is 3. The van der Waals surface area contributed by atoms with Gasteiger partial charge in [0.25, 0.3) is 0 Å². The summed E-state index contributed by atoms with van der Waals surface area (Å²) >= 11 is 0. The van der Waals surface area contributed by atoms with Crippen LogP contribution in [0.1, 0.15) is 26.1 Å². The van der Waals surface area contributed by atoms with Crippen LogP contribution in [0.4, 0.5) is 11.5 Å². The molecule has 0 aliphatic carbocycles. The van der Waals surface area contributed by atoms with Gasteiger partial charge in [-0.25, -0.2) is 9.97 Å². The van der Waals surface area contributed by atoms with E-state index in [2.05, 4.69) is 39.0 Å². The van der Waals surface area contributed by atoms with Crippen molar-refractivity contribution in [2.75, 3.05) is 23.3 Å². The predicted molar refractivity (Wildman–Crippen MR) is 110 cm³/mol. The smallest absolute Gasteiger partial charge is 0.224 e. The van der Waals surface area contributed by atoms with E-state index in [0.29, 0.717) is 18.5 Å². The van der Waals surface area contributed by atoms with E-state index in [1.165, 1.54) is 0 Å². The van der Waals surface area contributed by atoms with E-state index in [-0.39, 0.29) is 18.1 Å². The SMILES string of the molecule is C[C@H]1CN(c2ccc(NC(=O)CCc3nc4ccccc4[nH]3)cn2)C[C@H](C)O1. The van der Waals surface area contributed by atoms with Crippen LogP contribution in [0.2, 0.25) is 0 Å². The number of fused-ring (bicyclic) bond motifs is 1. The van der Waals surface area contributed by atoms with Crippen molar-refractivity contribution in [1.82, 2.24) is 15.0 Å². The molecule has 146 valence electrons.